The van der Waals surface area contributed by atoms with Crippen molar-refractivity contribution in [1.29, 1.82) is 0 Å². The van der Waals surface area contributed by atoms with Crippen LogP contribution in [0.25, 0.3) is 5.70 Å². The fourth-order valence-electron chi connectivity index (χ4n) is 2.09. The number of nitrogens with two attached hydrogens (primary N) is 1. The molecule has 1 aromatic carbocycles. The van der Waals surface area contributed by atoms with Crippen molar-refractivity contribution in [3.05, 3.63) is 41.5 Å². The van der Waals surface area contributed by atoms with Crippen molar-refractivity contribution in [2.75, 3.05) is 6.61 Å². The third-order valence-corrected chi connectivity index (χ3v) is 2.97. The van der Waals surface area contributed by atoms with Gasteiger partial charge < -0.3 is 10.5 Å². The Hall–Kier alpha value is -2.10. The van der Waals surface area contributed by atoms with Gasteiger partial charge in [-0.05, 0) is 13.8 Å². The van der Waals surface area contributed by atoms with E-state index in [9.17, 15) is 0 Å². The molecule has 0 amide bonds. The standard InChI is InChI=1S/C14H15N3O/c1-14(2)8-18-12(17-14)7-11-9-5-3-4-6-10(9)13(15)16-11/h3-7H,8H2,1-2H3,(H2,15,16)/b11-7-. The lowest BCUT2D eigenvalue weighted by Crippen LogP contribution is -2.17. The molecule has 0 spiro atoms. The van der Waals surface area contributed by atoms with Crippen molar-refractivity contribution in [2.45, 2.75) is 19.4 Å². The molecule has 1 aromatic rings. The molecular formula is C14H15N3O. The van der Waals surface area contributed by atoms with E-state index in [2.05, 4.69) is 9.98 Å². The van der Waals surface area contributed by atoms with Gasteiger partial charge in [0, 0.05) is 17.2 Å². The van der Waals surface area contributed by atoms with E-state index < -0.39 is 0 Å². The molecule has 0 fully saturated rings. The van der Waals surface area contributed by atoms with Gasteiger partial charge >= 0.3 is 0 Å². The Morgan fingerprint density at radius 2 is 2.00 bits per heavy atom. The van der Waals surface area contributed by atoms with E-state index in [-0.39, 0.29) is 5.54 Å². The lowest BCUT2D eigenvalue weighted by molar-refractivity contribution is 0.280. The number of fused-ring (bicyclic) bond motifs is 1. The van der Waals surface area contributed by atoms with Crippen molar-refractivity contribution in [3.63, 3.8) is 0 Å². The number of hydrogen-bond acceptors (Lipinski definition) is 4. The molecule has 4 heteroatoms. The second kappa shape index (κ2) is 3.70. The first-order valence-corrected chi connectivity index (χ1v) is 5.93. The van der Waals surface area contributed by atoms with Gasteiger partial charge in [-0.2, -0.15) is 0 Å². The zero-order valence-corrected chi connectivity index (χ0v) is 10.5. The Kier molecular flexibility index (Phi) is 2.26. The fraction of sp³-hybridized carbons (Fsp3) is 0.286. The molecule has 4 nitrogen and oxygen atoms in total. The number of rotatable bonds is 1. The largest absolute Gasteiger partial charge is 0.475 e. The molecule has 0 saturated carbocycles. The number of ether oxygens (including phenoxy) is 1. The van der Waals surface area contributed by atoms with Gasteiger partial charge in [0.2, 0.25) is 5.90 Å². The van der Waals surface area contributed by atoms with Crippen molar-refractivity contribution < 1.29 is 4.74 Å². The summed E-state index contributed by atoms with van der Waals surface area (Å²) in [4.78, 5) is 8.85. The van der Waals surface area contributed by atoms with Gasteiger partial charge in [-0.3, -0.25) is 0 Å². The molecule has 0 aliphatic carbocycles. The Morgan fingerprint density at radius 3 is 2.67 bits per heavy atom. The zero-order chi connectivity index (χ0) is 12.8. The molecule has 0 radical (unpaired) electrons. The minimum atomic E-state index is -0.153. The number of amidine groups is 1. The van der Waals surface area contributed by atoms with Gasteiger partial charge in [-0.15, -0.1) is 0 Å². The predicted molar refractivity (Wildman–Crippen MR) is 72.6 cm³/mol. The van der Waals surface area contributed by atoms with E-state index in [1.54, 1.807) is 0 Å². The van der Waals surface area contributed by atoms with Crippen LogP contribution in [0.5, 0.6) is 0 Å². The van der Waals surface area contributed by atoms with Crippen LogP contribution >= 0.6 is 0 Å². The summed E-state index contributed by atoms with van der Waals surface area (Å²) in [6.45, 7) is 4.68. The normalized spacial score (nSPS) is 22.4. The van der Waals surface area contributed by atoms with Crippen LogP contribution < -0.4 is 5.73 Å². The average molecular weight is 241 g/mol. The molecule has 2 aliphatic rings. The second-order valence-corrected chi connectivity index (χ2v) is 5.12. The highest BCUT2D eigenvalue weighted by molar-refractivity contribution is 6.11. The van der Waals surface area contributed by atoms with Gasteiger partial charge in [0.1, 0.15) is 12.4 Å². The van der Waals surface area contributed by atoms with E-state index in [0.717, 1.165) is 16.8 Å². The van der Waals surface area contributed by atoms with Crippen LogP contribution in [-0.4, -0.2) is 23.9 Å². The van der Waals surface area contributed by atoms with Crippen LogP contribution in [0.15, 0.2) is 40.3 Å². The minimum Gasteiger partial charge on any atom is -0.475 e. The SMILES string of the molecule is CC1(C)COC(/C=C2\N=C(N)c3ccccc32)=N1. The summed E-state index contributed by atoms with van der Waals surface area (Å²) in [5.74, 6) is 1.18. The molecule has 0 aromatic heterocycles. The summed E-state index contributed by atoms with van der Waals surface area (Å²) in [6.07, 6.45) is 1.85. The highest BCUT2D eigenvalue weighted by Gasteiger charge is 2.26. The third-order valence-electron chi connectivity index (χ3n) is 2.97. The average Bonchev–Trinajstić information content (AvgIpc) is 2.82. The molecule has 2 N–H and O–H groups in total. The molecule has 0 atom stereocenters. The van der Waals surface area contributed by atoms with Crippen LogP contribution in [0, 0.1) is 0 Å². The fourth-order valence-corrected chi connectivity index (χ4v) is 2.09. The first-order chi connectivity index (χ1) is 8.55. The van der Waals surface area contributed by atoms with Gasteiger partial charge in [-0.25, -0.2) is 9.98 Å². The van der Waals surface area contributed by atoms with Gasteiger partial charge in [0.25, 0.3) is 0 Å². The highest BCUT2D eigenvalue weighted by Crippen LogP contribution is 2.28. The summed E-state index contributed by atoms with van der Waals surface area (Å²) in [5.41, 5.74) is 8.57. The Labute approximate surface area is 106 Å². The van der Waals surface area contributed by atoms with E-state index in [1.165, 1.54) is 0 Å². The lowest BCUT2D eigenvalue weighted by Gasteiger charge is -2.07. The van der Waals surface area contributed by atoms with Crippen LogP contribution in [0.3, 0.4) is 0 Å². The Bertz CT molecular complexity index is 597. The molecular weight excluding hydrogens is 226 g/mol. The monoisotopic (exact) mass is 241 g/mol. The van der Waals surface area contributed by atoms with Crippen molar-refractivity contribution in [1.82, 2.24) is 0 Å². The maximum atomic E-state index is 5.89. The van der Waals surface area contributed by atoms with Crippen molar-refractivity contribution in [2.24, 2.45) is 15.7 Å². The number of benzene rings is 1. The van der Waals surface area contributed by atoms with Gasteiger partial charge in [0.15, 0.2) is 0 Å². The Morgan fingerprint density at radius 1 is 1.28 bits per heavy atom. The van der Waals surface area contributed by atoms with Gasteiger partial charge in [-0.1, -0.05) is 24.3 Å². The summed E-state index contributed by atoms with van der Waals surface area (Å²) in [7, 11) is 0. The Balaban J connectivity index is 2.01. The third kappa shape index (κ3) is 1.79. The minimum absolute atomic E-state index is 0.153. The van der Waals surface area contributed by atoms with E-state index in [0.29, 0.717) is 18.3 Å². The number of aliphatic imine (C=N–C) groups is 2. The van der Waals surface area contributed by atoms with E-state index in [1.807, 2.05) is 44.2 Å². The maximum absolute atomic E-state index is 5.89. The molecule has 0 saturated heterocycles. The molecule has 3 rings (SSSR count). The zero-order valence-electron chi connectivity index (χ0n) is 10.5. The second-order valence-electron chi connectivity index (χ2n) is 5.12. The first-order valence-electron chi connectivity index (χ1n) is 5.93. The highest BCUT2D eigenvalue weighted by atomic mass is 16.5. The quantitative estimate of drug-likeness (QED) is 0.817. The van der Waals surface area contributed by atoms with Crippen molar-refractivity contribution in [3.8, 4) is 0 Å². The number of nitrogens with zero attached hydrogens (tertiary/aromatic N) is 2. The van der Waals surface area contributed by atoms with E-state index in [4.69, 9.17) is 10.5 Å². The predicted octanol–water partition coefficient (Wildman–Crippen LogP) is 1.95. The van der Waals surface area contributed by atoms with Crippen molar-refractivity contribution >= 4 is 17.4 Å². The number of hydrogen-bond donors (Lipinski definition) is 1. The van der Waals surface area contributed by atoms with Crippen LogP contribution in [0.1, 0.15) is 25.0 Å². The lowest BCUT2D eigenvalue weighted by atomic mass is 10.1. The van der Waals surface area contributed by atoms with Crippen LogP contribution in [-0.2, 0) is 4.74 Å². The molecule has 92 valence electrons. The summed E-state index contributed by atoms with van der Waals surface area (Å²) < 4.78 is 5.54. The summed E-state index contributed by atoms with van der Waals surface area (Å²) in [5, 5.41) is 0. The summed E-state index contributed by atoms with van der Waals surface area (Å²) in [6, 6.07) is 7.90. The van der Waals surface area contributed by atoms with Crippen LogP contribution in [0.2, 0.25) is 0 Å². The first kappa shape index (κ1) is 11.0. The van der Waals surface area contributed by atoms with Crippen LogP contribution in [0.4, 0.5) is 0 Å². The molecule has 18 heavy (non-hydrogen) atoms. The molecule has 0 bridgehead atoms. The topological polar surface area (TPSA) is 60.0 Å². The summed E-state index contributed by atoms with van der Waals surface area (Å²) >= 11 is 0. The molecule has 0 unspecified atom stereocenters. The van der Waals surface area contributed by atoms with Gasteiger partial charge in [0.05, 0.1) is 11.2 Å². The maximum Gasteiger partial charge on any atom is 0.211 e. The molecule has 2 aliphatic heterocycles. The van der Waals surface area contributed by atoms with E-state index >= 15 is 0 Å². The smallest absolute Gasteiger partial charge is 0.211 e. The molecule has 2 heterocycles.